The first-order chi connectivity index (χ1) is 11.8. The molecular weight excluding hydrogens is 337 g/mol. The third kappa shape index (κ3) is 4.31. The summed E-state index contributed by atoms with van der Waals surface area (Å²) in [5, 5.41) is 9.50. The second kappa shape index (κ2) is 6.77. The van der Waals surface area contributed by atoms with E-state index in [2.05, 4.69) is 20.7 Å². The molecule has 1 atom stereocenters. The highest BCUT2D eigenvalue weighted by atomic mass is 19.4. The van der Waals surface area contributed by atoms with Crippen molar-refractivity contribution < 1.29 is 18.0 Å². The molecule has 2 amide bonds. The van der Waals surface area contributed by atoms with Gasteiger partial charge in [0.25, 0.3) is 0 Å². The van der Waals surface area contributed by atoms with Crippen LogP contribution in [0.3, 0.4) is 0 Å². The summed E-state index contributed by atoms with van der Waals surface area (Å²) in [6.45, 7) is 1.18. The van der Waals surface area contributed by atoms with Crippen LogP contribution in [0.5, 0.6) is 0 Å². The highest BCUT2D eigenvalue weighted by molar-refractivity contribution is 5.73. The van der Waals surface area contributed by atoms with Gasteiger partial charge in [0.15, 0.2) is 5.69 Å². The molecule has 10 heteroatoms. The summed E-state index contributed by atoms with van der Waals surface area (Å²) in [5.41, 5.74) is 0.0309. The van der Waals surface area contributed by atoms with E-state index in [1.54, 1.807) is 24.1 Å². The molecule has 2 N–H and O–H groups in total. The summed E-state index contributed by atoms with van der Waals surface area (Å²) < 4.78 is 41.3. The van der Waals surface area contributed by atoms with Crippen molar-refractivity contribution in [3.05, 3.63) is 35.7 Å². The van der Waals surface area contributed by atoms with Crippen LogP contribution in [0, 0.1) is 5.92 Å². The van der Waals surface area contributed by atoms with Gasteiger partial charge >= 0.3 is 12.2 Å². The van der Waals surface area contributed by atoms with E-state index in [0.717, 1.165) is 11.8 Å². The van der Waals surface area contributed by atoms with Crippen LogP contribution in [0.2, 0.25) is 0 Å². The molecule has 2 aromatic rings. The Morgan fingerprint density at radius 3 is 2.84 bits per heavy atom. The lowest BCUT2D eigenvalue weighted by Gasteiger charge is -2.23. The zero-order chi connectivity index (χ0) is 18.0. The van der Waals surface area contributed by atoms with Crippen molar-refractivity contribution in [2.75, 3.05) is 6.54 Å². The molecule has 0 saturated carbocycles. The molecule has 1 aliphatic heterocycles. The molecule has 0 aromatic carbocycles. The molecule has 136 valence electrons. The van der Waals surface area contributed by atoms with Gasteiger partial charge in [0.1, 0.15) is 5.82 Å². The number of urea groups is 1. The maximum Gasteiger partial charge on any atom is 0.434 e. The van der Waals surface area contributed by atoms with Crippen LogP contribution in [-0.2, 0) is 32.7 Å². The lowest BCUT2D eigenvalue weighted by atomic mass is 9.99. The maximum atomic E-state index is 12.7. The number of nitrogens with one attached hydrogen (secondary N) is 2. The Balaban J connectivity index is 1.46. The Morgan fingerprint density at radius 1 is 1.36 bits per heavy atom. The van der Waals surface area contributed by atoms with Crippen LogP contribution in [0.4, 0.5) is 18.0 Å². The lowest BCUT2D eigenvalue weighted by Crippen LogP contribution is -2.39. The van der Waals surface area contributed by atoms with Gasteiger partial charge in [-0.25, -0.2) is 9.78 Å². The van der Waals surface area contributed by atoms with Crippen molar-refractivity contribution in [1.29, 1.82) is 0 Å². The number of amides is 2. The van der Waals surface area contributed by atoms with Gasteiger partial charge in [-0.2, -0.15) is 18.3 Å². The molecule has 25 heavy (non-hydrogen) atoms. The van der Waals surface area contributed by atoms with E-state index < -0.39 is 11.9 Å². The third-order valence-corrected chi connectivity index (χ3v) is 4.14. The van der Waals surface area contributed by atoms with E-state index in [1.165, 1.54) is 4.57 Å². The summed E-state index contributed by atoms with van der Waals surface area (Å²) in [5.74, 6) is 0.525. The third-order valence-electron chi connectivity index (χ3n) is 4.14. The molecule has 1 aliphatic rings. The Bertz CT molecular complexity index is 751. The number of alkyl halides is 3. The molecule has 2 aromatic heterocycles. The Hall–Kier alpha value is -2.52. The van der Waals surface area contributed by atoms with Crippen molar-refractivity contribution in [3.63, 3.8) is 0 Å². The number of nitrogens with zero attached hydrogens (tertiary/aromatic N) is 4. The number of imidazole rings is 1. The zero-order valence-corrected chi connectivity index (χ0v) is 13.7. The van der Waals surface area contributed by atoms with Gasteiger partial charge in [-0.15, -0.1) is 0 Å². The number of rotatable bonds is 4. The summed E-state index contributed by atoms with van der Waals surface area (Å²) in [4.78, 5) is 15.5. The first-order valence-electron chi connectivity index (χ1n) is 7.93. The fourth-order valence-corrected chi connectivity index (χ4v) is 2.86. The number of carbonyl (C=O) groups excluding carboxylic acids is 1. The minimum absolute atomic E-state index is 0.0759. The van der Waals surface area contributed by atoms with Gasteiger partial charge in [-0.3, -0.25) is 4.68 Å². The standard InChI is InChI=1S/C15H19F3N6O/c1-23-7-11(6-21-23)5-20-14(25)19-4-10-2-3-13-22-12(15(16,17)18)9-24(13)8-10/h6-7,9-10H,2-5,8H2,1H3,(H2,19,20,25). The van der Waals surface area contributed by atoms with E-state index >= 15 is 0 Å². The number of fused-ring (bicyclic) bond motifs is 1. The topological polar surface area (TPSA) is 76.8 Å². The van der Waals surface area contributed by atoms with Crippen molar-refractivity contribution in [3.8, 4) is 0 Å². The molecule has 0 aliphatic carbocycles. The second-order valence-corrected chi connectivity index (χ2v) is 6.18. The molecule has 3 heterocycles. The highest BCUT2D eigenvalue weighted by Crippen LogP contribution is 2.30. The molecule has 1 unspecified atom stereocenters. The number of hydrogen-bond acceptors (Lipinski definition) is 3. The summed E-state index contributed by atoms with van der Waals surface area (Å²) in [6.07, 6.45) is 1.26. The molecule has 0 saturated heterocycles. The summed E-state index contributed by atoms with van der Waals surface area (Å²) >= 11 is 0. The van der Waals surface area contributed by atoms with Gasteiger partial charge < -0.3 is 15.2 Å². The predicted octanol–water partition coefficient (Wildman–Crippen LogP) is 1.70. The van der Waals surface area contributed by atoms with Crippen molar-refractivity contribution in [2.45, 2.75) is 32.1 Å². The van der Waals surface area contributed by atoms with E-state index in [0.29, 0.717) is 38.3 Å². The van der Waals surface area contributed by atoms with Crippen LogP contribution in [0.25, 0.3) is 0 Å². The van der Waals surface area contributed by atoms with Crippen LogP contribution < -0.4 is 10.6 Å². The van der Waals surface area contributed by atoms with Gasteiger partial charge in [-0.1, -0.05) is 0 Å². The largest absolute Gasteiger partial charge is 0.434 e. The molecule has 0 fully saturated rings. The minimum Gasteiger partial charge on any atom is -0.338 e. The molecule has 0 radical (unpaired) electrons. The van der Waals surface area contributed by atoms with Crippen molar-refractivity contribution >= 4 is 6.03 Å². The fraction of sp³-hybridized carbons (Fsp3) is 0.533. The van der Waals surface area contributed by atoms with Gasteiger partial charge in [0.05, 0.1) is 6.20 Å². The Morgan fingerprint density at radius 2 is 2.16 bits per heavy atom. The van der Waals surface area contributed by atoms with Gasteiger partial charge in [0.2, 0.25) is 0 Å². The highest BCUT2D eigenvalue weighted by Gasteiger charge is 2.35. The van der Waals surface area contributed by atoms with Gasteiger partial charge in [-0.05, 0) is 12.3 Å². The fourth-order valence-electron chi connectivity index (χ4n) is 2.86. The van der Waals surface area contributed by atoms with Crippen molar-refractivity contribution in [1.82, 2.24) is 30.0 Å². The van der Waals surface area contributed by atoms with Crippen LogP contribution >= 0.6 is 0 Å². The summed E-state index contributed by atoms with van der Waals surface area (Å²) in [6, 6.07) is -0.309. The number of carbonyl (C=O) groups is 1. The quantitative estimate of drug-likeness (QED) is 0.875. The number of hydrogen-bond donors (Lipinski definition) is 2. The molecule has 3 rings (SSSR count). The Labute approximate surface area is 142 Å². The van der Waals surface area contributed by atoms with Crippen molar-refractivity contribution in [2.24, 2.45) is 13.0 Å². The lowest BCUT2D eigenvalue weighted by molar-refractivity contribution is -0.141. The number of aryl methyl sites for hydroxylation is 2. The van der Waals surface area contributed by atoms with Crippen LogP contribution in [-0.4, -0.2) is 31.9 Å². The number of halogens is 3. The molecule has 0 spiro atoms. The van der Waals surface area contributed by atoms with Gasteiger partial charge in [0, 0.05) is 51.1 Å². The average molecular weight is 356 g/mol. The van der Waals surface area contributed by atoms with E-state index in [9.17, 15) is 18.0 Å². The average Bonchev–Trinajstić information content (AvgIpc) is 3.16. The first kappa shape index (κ1) is 17.3. The minimum atomic E-state index is -4.43. The maximum absolute atomic E-state index is 12.7. The van der Waals surface area contributed by atoms with Crippen LogP contribution in [0.15, 0.2) is 18.6 Å². The first-order valence-corrected chi connectivity index (χ1v) is 7.93. The number of aromatic nitrogens is 4. The van der Waals surface area contributed by atoms with E-state index in [1.807, 2.05) is 0 Å². The zero-order valence-electron chi connectivity index (χ0n) is 13.7. The second-order valence-electron chi connectivity index (χ2n) is 6.18. The normalized spacial score (nSPS) is 17.2. The van der Waals surface area contributed by atoms with E-state index in [-0.39, 0.29) is 11.9 Å². The van der Waals surface area contributed by atoms with Crippen LogP contribution in [0.1, 0.15) is 23.5 Å². The summed E-state index contributed by atoms with van der Waals surface area (Å²) in [7, 11) is 1.79. The molecular formula is C15H19F3N6O. The van der Waals surface area contributed by atoms with E-state index in [4.69, 9.17) is 0 Å². The monoisotopic (exact) mass is 356 g/mol. The smallest absolute Gasteiger partial charge is 0.338 e. The Kier molecular flexibility index (Phi) is 4.69. The predicted molar refractivity (Wildman–Crippen MR) is 82.5 cm³/mol. The molecule has 0 bridgehead atoms. The molecule has 7 nitrogen and oxygen atoms in total. The SMILES string of the molecule is Cn1cc(CNC(=O)NCC2CCc3nc(C(F)(F)F)cn3C2)cn1.